The number of carbonyl (C=O) groups excluding carboxylic acids is 1. The number of aromatic nitrogens is 2. The third-order valence-electron chi connectivity index (χ3n) is 6.10. The zero-order chi connectivity index (χ0) is 22.2. The lowest BCUT2D eigenvalue weighted by Crippen LogP contribution is -2.36. The molecule has 31 heavy (non-hydrogen) atoms. The van der Waals surface area contributed by atoms with E-state index >= 15 is 0 Å². The number of hydrogen-bond acceptors (Lipinski definition) is 4. The van der Waals surface area contributed by atoms with E-state index in [9.17, 15) is 14.7 Å². The number of thiophene rings is 1. The molecule has 4 heterocycles. The van der Waals surface area contributed by atoms with E-state index in [1.54, 1.807) is 20.0 Å². The van der Waals surface area contributed by atoms with Crippen molar-refractivity contribution in [3.05, 3.63) is 50.9 Å². The number of aliphatic carboxylic acids is 1. The highest BCUT2D eigenvalue weighted by Crippen LogP contribution is 2.32. The summed E-state index contributed by atoms with van der Waals surface area (Å²) < 4.78 is 2.96. The van der Waals surface area contributed by atoms with E-state index in [2.05, 4.69) is 21.0 Å². The molecule has 0 fully saturated rings. The summed E-state index contributed by atoms with van der Waals surface area (Å²) in [7, 11) is 0. The average Bonchev–Trinajstić information content (AvgIpc) is 3.29. The topological polar surface area (TPSA) is 75.4 Å². The minimum absolute atomic E-state index is 0.0789. The van der Waals surface area contributed by atoms with Gasteiger partial charge in [-0.2, -0.15) is 0 Å². The van der Waals surface area contributed by atoms with E-state index < -0.39 is 11.4 Å². The minimum Gasteiger partial charge on any atom is -0.481 e. The lowest BCUT2D eigenvalue weighted by molar-refractivity contribution is -0.147. The lowest BCUT2D eigenvalue weighted by atomic mass is 9.87. The van der Waals surface area contributed by atoms with Gasteiger partial charge in [0.1, 0.15) is 5.65 Å². The Morgan fingerprint density at radius 1 is 1.35 bits per heavy atom. The van der Waals surface area contributed by atoms with Crippen LogP contribution in [0.2, 0.25) is 4.34 Å². The third kappa shape index (κ3) is 4.48. The van der Waals surface area contributed by atoms with E-state index in [1.165, 1.54) is 16.9 Å². The van der Waals surface area contributed by atoms with Crippen LogP contribution in [0, 0.1) is 5.41 Å². The van der Waals surface area contributed by atoms with Crippen LogP contribution in [0.15, 0.2) is 29.8 Å². The Morgan fingerprint density at radius 3 is 2.87 bits per heavy atom. The van der Waals surface area contributed by atoms with Crippen LogP contribution in [0.25, 0.3) is 11.0 Å². The Hall–Kier alpha value is -2.38. The highest BCUT2D eigenvalue weighted by atomic mass is 35.5. The summed E-state index contributed by atoms with van der Waals surface area (Å²) in [4.78, 5) is 30.7. The van der Waals surface area contributed by atoms with Crippen molar-refractivity contribution in [3.63, 3.8) is 0 Å². The normalized spacial score (nSPS) is 14.1. The van der Waals surface area contributed by atoms with Crippen LogP contribution in [0.3, 0.4) is 0 Å². The molecule has 0 saturated carbocycles. The maximum absolute atomic E-state index is 12.9. The first-order chi connectivity index (χ1) is 14.8. The Kier molecular flexibility index (Phi) is 6.08. The number of halogens is 1. The number of carbonyl (C=O) groups is 2. The molecule has 4 rings (SSSR count). The van der Waals surface area contributed by atoms with Crippen LogP contribution in [0.1, 0.15) is 49.9 Å². The Labute approximate surface area is 190 Å². The van der Waals surface area contributed by atoms with E-state index in [1.807, 2.05) is 17.0 Å². The molecule has 0 spiro atoms. The maximum Gasteiger partial charge on any atom is 0.309 e. The van der Waals surface area contributed by atoms with Gasteiger partial charge in [0.2, 0.25) is 5.91 Å². The quantitative estimate of drug-likeness (QED) is 0.541. The molecule has 164 valence electrons. The van der Waals surface area contributed by atoms with Gasteiger partial charge in [-0.1, -0.05) is 11.6 Å². The van der Waals surface area contributed by atoms with E-state index in [-0.39, 0.29) is 5.91 Å². The standard InChI is InChI=1S/C23H26ClN3O3S/c1-23(2,22(29)30)8-3-6-20(28)26-10-7-16-17-5-4-9-25-21(17)27(18(16)13-26)12-15-11-19(24)31-14-15/h4-5,9,11,14H,3,6-8,10,12-13H2,1-2H3,(H,29,30). The van der Waals surface area contributed by atoms with Crippen LogP contribution in [0.4, 0.5) is 0 Å². The lowest BCUT2D eigenvalue weighted by Gasteiger charge is -2.29. The second-order valence-electron chi connectivity index (χ2n) is 8.75. The van der Waals surface area contributed by atoms with Gasteiger partial charge in [-0.25, -0.2) is 4.98 Å². The fraction of sp³-hybridized carbons (Fsp3) is 0.435. The molecule has 1 N–H and O–H groups in total. The molecule has 1 aliphatic rings. The van der Waals surface area contributed by atoms with Gasteiger partial charge in [-0.15, -0.1) is 11.3 Å². The van der Waals surface area contributed by atoms with E-state index in [0.717, 1.165) is 33.0 Å². The zero-order valence-corrected chi connectivity index (χ0v) is 19.3. The molecule has 3 aromatic rings. The van der Waals surface area contributed by atoms with Crippen molar-refractivity contribution in [1.82, 2.24) is 14.5 Å². The van der Waals surface area contributed by atoms with E-state index in [4.69, 9.17) is 11.6 Å². The summed E-state index contributed by atoms with van der Waals surface area (Å²) in [6.45, 7) is 5.29. The number of carboxylic acids is 1. The van der Waals surface area contributed by atoms with Crippen LogP contribution in [0.5, 0.6) is 0 Å². The molecule has 0 saturated heterocycles. The van der Waals surface area contributed by atoms with Gasteiger partial charge in [-0.05, 0) is 67.8 Å². The van der Waals surface area contributed by atoms with Gasteiger partial charge in [0.05, 0.1) is 22.8 Å². The molecular formula is C23H26ClN3O3S. The zero-order valence-electron chi connectivity index (χ0n) is 17.7. The third-order valence-corrected chi connectivity index (χ3v) is 7.24. The van der Waals surface area contributed by atoms with Gasteiger partial charge in [0.15, 0.2) is 0 Å². The molecule has 0 aliphatic carbocycles. The Morgan fingerprint density at radius 2 is 2.16 bits per heavy atom. The second-order valence-corrected chi connectivity index (χ2v) is 10.3. The molecule has 3 aromatic heterocycles. The highest BCUT2D eigenvalue weighted by molar-refractivity contribution is 7.14. The average molecular weight is 460 g/mol. The molecule has 6 nitrogen and oxygen atoms in total. The summed E-state index contributed by atoms with van der Waals surface area (Å²) in [6, 6.07) is 6.03. The SMILES string of the molecule is CC(C)(CCCC(=O)N1CCc2c(n(Cc3csc(Cl)c3)c3ncccc23)C1)C(=O)O. The first-order valence-corrected chi connectivity index (χ1v) is 11.7. The van der Waals surface area contributed by atoms with Gasteiger partial charge in [-0.3, -0.25) is 9.59 Å². The molecular weight excluding hydrogens is 434 g/mol. The van der Waals surface area contributed by atoms with Gasteiger partial charge < -0.3 is 14.6 Å². The molecule has 0 bridgehead atoms. The summed E-state index contributed by atoms with van der Waals surface area (Å²) in [6.07, 6.45) is 4.01. The number of hydrogen-bond donors (Lipinski definition) is 1. The highest BCUT2D eigenvalue weighted by Gasteiger charge is 2.29. The Bertz CT molecular complexity index is 1130. The second kappa shape index (κ2) is 8.63. The van der Waals surface area contributed by atoms with Gasteiger partial charge >= 0.3 is 5.97 Å². The largest absolute Gasteiger partial charge is 0.481 e. The fourth-order valence-corrected chi connectivity index (χ4v) is 5.10. The number of carboxylic acid groups (broad SMARTS) is 1. The van der Waals surface area contributed by atoms with Crippen molar-refractivity contribution in [2.75, 3.05) is 6.54 Å². The number of rotatable bonds is 7. The van der Waals surface area contributed by atoms with Crippen molar-refractivity contribution >= 4 is 45.8 Å². The predicted molar refractivity (Wildman–Crippen MR) is 123 cm³/mol. The van der Waals surface area contributed by atoms with Gasteiger partial charge in [0, 0.05) is 30.2 Å². The summed E-state index contributed by atoms with van der Waals surface area (Å²) in [5.74, 6) is -0.747. The van der Waals surface area contributed by atoms with Crippen LogP contribution >= 0.6 is 22.9 Å². The van der Waals surface area contributed by atoms with Crippen molar-refractivity contribution in [3.8, 4) is 0 Å². The number of pyridine rings is 1. The van der Waals surface area contributed by atoms with Crippen molar-refractivity contribution in [2.24, 2.45) is 5.41 Å². The van der Waals surface area contributed by atoms with Crippen molar-refractivity contribution in [1.29, 1.82) is 0 Å². The monoisotopic (exact) mass is 459 g/mol. The fourth-order valence-electron chi connectivity index (χ4n) is 4.20. The van der Waals surface area contributed by atoms with Crippen molar-refractivity contribution < 1.29 is 14.7 Å². The van der Waals surface area contributed by atoms with E-state index in [0.29, 0.717) is 38.9 Å². The summed E-state index contributed by atoms with van der Waals surface area (Å²) >= 11 is 7.64. The molecule has 1 amide bonds. The molecule has 0 unspecified atom stereocenters. The first kappa shape index (κ1) is 21.8. The molecule has 1 aliphatic heterocycles. The molecule has 0 radical (unpaired) electrons. The summed E-state index contributed by atoms with van der Waals surface area (Å²) in [5.41, 5.74) is 3.64. The Balaban J connectivity index is 1.54. The summed E-state index contributed by atoms with van der Waals surface area (Å²) in [5, 5.41) is 12.5. The van der Waals surface area contributed by atoms with Crippen molar-refractivity contribution in [2.45, 2.75) is 52.6 Å². The molecule has 8 heteroatoms. The van der Waals surface area contributed by atoms with Crippen LogP contribution < -0.4 is 0 Å². The van der Waals surface area contributed by atoms with Crippen LogP contribution in [-0.4, -0.2) is 38.0 Å². The first-order valence-electron chi connectivity index (χ1n) is 10.5. The van der Waals surface area contributed by atoms with Gasteiger partial charge in [0.25, 0.3) is 0 Å². The maximum atomic E-state index is 12.9. The number of nitrogens with zero attached hydrogens (tertiary/aromatic N) is 3. The molecule has 0 atom stereocenters. The predicted octanol–water partition coefficient (Wildman–Crippen LogP) is 4.97. The minimum atomic E-state index is -0.826. The molecule has 0 aromatic carbocycles. The smallest absolute Gasteiger partial charge is 0.309 e. The number of amides is 1. The number of fused-ring (bicyclic) bond motifs is 3. The van der Waals surface area contributed by atoms with Crippen LogP contribution in [-0.2, 0) is 29.1 Å².